The average Bonchev–Trinajstić information content (AvgIpc) is 2.85. The van der Waals surface area contributed by atoms with Crippen molar-refractivity contribution < 1.29 is 9.72 Å². The molecule has 0 saturated heterocycles. The molecule has 0 aliphatic rings. The van der Waals surface area contributed by atoms with Gasteiger partial charge in [-0.3, -0.25) is 19.6 Å². The molecule has 1 N–H and O–H groups in total. The van der Waals surface area contributed by atoms with Crippen LogP contribution in [0.3, 0.4) is 0 Å². The lowest BCUT2D eigenvalue weighted by atomic mass is 10.1. The van der Waals surface area contributed by atoms with E-state index in [-0.39, 0.29) is 23.7 Å². The van der Waals surface area contributed by atoms with E-state index in [0.29, 0.717) is 22.8 Å². The van der Waals surface area contributed by atoms with Crippen LogP contribution in [0.1, 0.15) is 28.5 Å². The van der Waals surface area contributed by atoms with Crippen LogP contribution in [0.4, 0.5) is 5.69 Å². The molecule has 0 aliphatic carbocycles. The predicted molar refractivity (Wildman–Crippen MR) is 81.9 cm³/mol. The van der Waals surface area contributed by atoms with Crippen molar-refractivity contribution in [1.29, 1.82) is 0 Å². The Kier molecular flexibility index (Phi) is 4.77. The molecule has 0 saturated carbocycles. The third-order valence-corrected chi connectivity index (χ3v) is 3.68. The standard InChI is InChI=1S/C14H15ClN4O3/c1-3-18-13(11(15)7-17-18)8-16-14(20)10-5-4-6-12(9(10)2)19(21)22/h4-7H,3,8H2,1-2H3,(H,16,20). The van der Waals surface area contributed by atoms with Gasteiger partial charge in [-0.1, -0.05) is 17.7 Å². The van der Waals surface area contributed by atoms with Crippen molar-refractivity contribution in [1.82, 2.24) is 15.1 Å². The van der Waals surface area contributed by atoms with Crippen LogP contribution >= 0.6 is 11.6 Å². The molecule has 0 fully saturated rings. The van der Waals surface area contributed by atoms with Gasteiger partial charge in [0.25, 0.3) is 11.6 Å². The zero-order valence-electron chi connectivity index (χ0n) is 12.2. The summed E-state index contributed by atoms with van der Waals surface area (Å²) in [6.45, 7) is 4.30. The van der Waals surface area contributed by atoms with Crippen LogP contribution in [0.25, 0.3) is 0 Å². The normalized spacial score (nSPS) is 10.5. The molecule has 2 rings (SSSR count). The summed E-state index contributed by atoms with van der Waals surface area (Å²) in [6.07, 6.45) is 1.52. The summed E-state index contributed by atoms with van der Waals surface area (Å²) >= 11 is 6.03. The third-order valence-electron chi connectivity index (χ3n) is 3.36. The Morgan fingerprint density at radius 1 is 1.50 bits per heavy atom. The predicted octanol–water partition coefficient (Wildman–Crippen LogP) is 2.70. The number of halogens is 1. The van der Waals surface area contributed by atoms with Crippen molar-refractivity contribution in [3.05, 3.63) is 56.4 Å². The van der Waals surface area contributed by atoms with Gasteiger partial charge in [-0.2, -0.15) is 5.10 Å². The minimum absolute atomic E-state index is 0.0794. The van der Waals surface area contributed by atoms with Crippen LogP contribution in [0, 0.1) is 17.0 Å². The van der Waals surface area contributed by atoms with E-state index >= 15 is 0 Å². The Balaban J connectivity index is 2.18. The van der Waals surface area contributed by atoms with Gasteiger partial charge in [0.2, 0.25) is 0 Å². The molecule has 0 atom stereocenters. The molecule has 0 radical (unpaired) electrons. The number of aryl methyl sites for hydroxylation is 1. The van der Waals surface area contributed by atoms with Gasteiger partial charge in [0.05, 0.1) is 28.4 Å². The monoisotopic (exact) mass is 322 g/mol. The molecule has 116 valence electrons. The SMILES string of the molecule is CCn1ncc(Cl)c1CNC(=O)c1cccc([N+](=O)[O-])c1C. The number of carbonyl (C=O) groups is 1. The summed E-state index contributed by atoms with van der Waals surface area (Å²) in [4.78, 5) is 22.6. The highest BCUT2D eigenvalue weighted by Crippen LogP contribution is 2.21. The number of carbonyl (C=O) groups excluding carboxylic acids is 1. The number of hydrogen-bond acceptors (Lipinski definition) is 4. The van der Waals surface area contributed by atoms with Crippen molar-refractivity contribution in [2.45, 2.75) is 26.9 Å². The molecule has 0 aliphatic heterocycles. The maximum absolute atomic E-state index is 12.2. The molecule has 1 aromatic heterocycles. The lowest BCUT2D eigenvalue weighted by Gasteiger charge is -2.09. The highest BCUT2D eigenvalue weighted by Gasteiger charge is 2.18. The number of rotatable bonds is 5. The molecule has 0 bridgehead atoms. The second kappa shape index (κ2) is 6.57. The van der Waals surface area contributed by atoms with E-state index in [1.807, 2.05) is 6.92 Å². The number of nitrogens with zero attached hydrogens (tertiary/aromatic N) is 3. The van der Waals surface area contributed by atoms with Crippen molar-refractivity contribution >= 4 is 23.2 Å². The summed E-state index contributed by atoms with van der Waals surface area (Å²) in [5.74, 6) is -0.388. The fourth-order valence-corrected chi connectivity index (χ4v) is 2.37. The summed E-state index contributed by atoms with van der Waals surface area (Å²) < 4.78 is 1.68. The molecule has 0 unspecified atom stereocenters. The summed E-state index contributed by atoms with van der Waals surface area (Å²) in [7, 11) is 0. The van der Waals surface area contributed by atoms with Crippen LogP contribution in [-0.4, -0.2) is 20.6 Å². The van der Waals surface area contributed by atoms with E-state index in [1.165, 1.54) is 18.3 Å². The van der Waals surface area contributed by atoms with Crippen molar-refractivity contribution in [2.75, 3.05) is 0 Å². The average molecular weight is 323 g/mol. The van der Waals surface area contributed by atoms with E-state index in [1.54, 1.807) is 17.7 Å². The molecule has 22 heavy (non-hydrogen) atoms. The number of nitro benzene ring substituents is 1. The summed E-state index contributed by atoms with van der Waals surface area (Å²) in [5, 5.41) is 18.2. The molecule has 7 nitrogen and oxygen atoms in total. The van der Waals surface area contributed by atoms with Gasteiger partial charge in [0.1, 0.15) is 0 Å². The van der Waals surface area contributed by atoms with E-state index in [4.69, 9.17) is 11.6 Å². The number of nitro groups is 1. The molecule has 0 spiro atoms. The Bertz CT molecular complexity index is 727. The fraction of sp³-hybridized carbons (Fsp3) is 0.286. The molecule has 8 heteroatoms. The minimum Gasteiger partial charge on any atom is -0.346 e. The van der Waals surface area contributed by atoms with Crippen LogP contribution in [0.2, 0.25) is 5.02 Å². The maximum Gasteiger partial charge on any atom is 0.273 e. The van der Waals surface area contributed by atoms with E-state index in [0.717, 1.165) is 0 Å². The van der Waals surface area contributed by atoms with Crippen molar-refractivity contribution in [3.63, 3.8) is 0 Å². The minimum atomic E-state index is -0.505. The Labute approximate surface area is 132 Å². The smallest absolute Gasteiger partial charge is 0.273 e. The molecule has 2 aromatic rings. The van der Waals surface area contributed by atoms with Crippen LogP contribution in [0.5, 0.6) is 0 Å². The number of nitrogens with one attached hydrogen (secondary N) is 1. The van der Waals surface area contributed by atoms with E-state index in [9.17, 15) is 14.9 Å². The van der Waals surface area contributed by atoms with Crippen molar-refractivity contribution in [2.24, 2.45) is 0 Å². The first-order valence-electron chi connectivity index (χ1n) is 6.68. The zero-order valence-corrected chi connectivity index (χ0v) is 12.9. The van der Waals surface area contributed by atoms with Gasteiger partial charge in [0, 0.05) is 23.7 Å². The van der Waals surface area contributed by atoms with Crippen LogP contribution in [-0.2, 0) is 13.1 Å². The highest BCUT2D eigenvalue weighted by molar-refractivity contribution is 6.31. The van der Waals surface area contributed by atoms with Gasteiger partial charge >= 0.3 is 0 Å². The Morgan fingerprint density at radius 2 is 2.23 bits per heavy atom. The van der Waals surface area contributed by atoms with Gasteiger partial charge in [-0.15, -0.1) is 0 Å². The Morgan fingerprint density at radius 3 is 2.86 bits per heavy atom. The quantitative estimate of drug-likeness (QED) is 0.677. The second-order valence-corrected chi connectivity index (χ2v) is 5.05. The first kappa shape index (κ1) is 16.0. The van der Waals surface area contributed by atoms with Gasteiger partial charge in [0.15, 0.2) is 0 Å². The molecular weight excluding hydrogens is 308 g/mol. The van der Waals surface area contributed by atoms with Gasteiger partial charge < -0.3 is 5.32 Å². The van der Waals surface area contributed by atoms with Crippen LogP contribution in [0.15, 0.2) is 24.4 Å². The topological polar surface area (TPSA) is 90.1 Å². The Hall–Kier alpha value is -2.41. The first-order valence-corrected chi connectivity index (χ1v) is 7.05. The summed E-state index contributed by atoms with van der Waals surface area (Å²) in [5.41, 5.74) is 1.22. The van der Waals surface area contributed by atoms with E-state index < -0.39 is 4.92 Å². The lowest BCUT2D eigenvalue weighted by molar-refractivity contribution is -0.385. The lowest BCUT2D eigenvalue weighted by Crippen LogP contribution is -2.25. The highest BCUT2D eigenvalue weighted by atomic mass is 35.5. The summed E-state index contributed by atoms with van der Waals surface area (Å²) in [6, 6.07) is 4.41. The molecule has 1 heterocycles. The number of hydrogen-bond donors (Lipinski definition) is 1. The number of benzene rings is 1. The van der Waals surface area contributed by atoms with Crippen LogP contribution < -0.4 is 5.32 Å². The fourth-order valence-electron chi connectivity index (χ4n) is 2.16. The molecule has 1 aromatic carbocycles. The largest absolute Gasteiger partial charge is 0.346 e. The molecule has 1 amide bonds. The zero-order chi connectivity index (χ0) is 16.3. The first-order chi connectivity index (χ1) is 10.5. The third kappa shape index (κ3) is 3.09. The van der Waals surface area contributed by atoms with Gasteiger partial charge in [-0.25, -0.2) is 0 Å². The van der Waals surface area contributed by atoms with E-state index in [2.05, 4.69) is 10.4 Å². The number of aromatic nitrogens is 2. The molecular formula is C14H15ClN4O3. The number of amides is 1. The van der Waals surface area contributed by atoms with Gasteiger partial charge in [-0.05, 0) is 19.9 Å². The second-order valence-electron chi connectivity index (χ2n) is 4.64. The van der Waals surface area contributed by atoms with Crippen molar-refractivity contribution in [3.8, 4) is 0 Å². The maximum atomic E-state index is 12.2.